The second-order valence-corrected chi connectivity index (χ2v) is 9.36. The van der Waals surface area contributed by atoms with Crippen LogP contribution in [0.5, 0.6) is 11.5 Å². The highest BCUT2D eigenvalue weighted by atomic mass is 16.6. The van der Waals surface area contributed by atoms with Gasteiger partial charge in [0.1, 0.15) is 28.9 Å². The third-order valence-corrected chi connectivity index (χ3v) is 6.87. The van der Waals surface area contributed by atoms with Gasteiger partial charge in [-0.2, -0.15) is 0 Å². The Hall–Kier alpha value is -3.17. The molecule has 1 N–H and O–H groups in total. The Kier molecular flexibility index (Phi) is 6.51. The molecular formula is C26H31N5O4. The van der Waals surface area contributed by atoms with Crippen molar-refractivity contribution in [3.63, 3.8) is 0 Å². The number of pyridine rings is 1. The van der Waals surface area contributed by atoms with Crippen LogP contribution in [0.25, 0.3) is 11.0 Å². The molecule has 0 amide bonds. The molecule has 0 atom stereocenters. The van der Waals surface area contributed by atoms with Crippen LogP contribution < -0.4 is 19.7 Å². The minimum absolute atomic E-state index is 0.156. The highest BCUT2D eigenvalue weighted by Gasteiger charge is 2.25. The van der Waals surface area contributed by atoms with Gasteiger partial charge in [-0.15, -0.1) is 0 Å². The Labute approximate surface area is 204 Å². The Bertz CT molecular complexity index is 1130. The summed E-state index contributed by atoms with van der Waals surface area (Å²) >= 11 is 0. The molecule has 0 bridgehead atoms. The largest absolute Gasteiger partial charge is 0.488 e. The number of morpholine rings is 1. The highest BCUT2D eigenvalue weighted by molar-refractivity contribution is 5.85. The van der Waals surface area contributed by atoms with Crippen LogP contribution in [-0.4, -0.2) is 72.7 Å². The second-order valence-electron chi connectivity index (χ2n) is 9.36. The summed E-state index contributed by atoms with van der Waals surface area (Å²) < 4.78 is 23.0. The first kappa shape index (κ1) is 22.3. The molecule has 0 radical (unpaired) electrons. The van der Waals surface area contributed by atoms with E-state index in [1.165, 1.54) is 0 Å². The van der Waals surface area contributed by atoms with Gasteiger partial charge in [-0.3, -0.25) is 4.98 Å². The minimum Gasteiger partial charge on any atom is -0.488 e. The smallest absolute Gasteiger partial charge is 0.149 e. The van der Waals surface area contributed by atoms with E-state index in [-0.39, 0.29) is 12.2 Å². The van der Waals surface area contributed by atoms with Gasteiger partial charge in [0, 0.05) is 43.3 Å². The normalized spacial score (nSPS) is 23.0. The van der Waals surface area contributed by atoms with Crippen LogP contribution in [0.2, 0.25) is 0 Å². The quantitative estimate of drug-likeness (QED) is 0.549. The van der Waals surface area contributed by atoms with Crippen LogP contribution in [0.1, 0.15) is 25.7 Å². The van der Waals surface area contributed by atoms with Gasteiger partial charge >= 0.3 is 0 Å². The maximum Gasteiger partial charge on any atom is 0.149 e. The lowest BCUT2D eigenvalue weighted by Crippen LogP contribution is -2.38. The van der Waals surface area contributed by atoms with Gasteiger partial charge in [0.25, 0.3) is 0 Å². The molecule has 3 aromatic rings. The third kappa shape index (κ3) is 5.26. The fourth-order valence-electron chi connectivity index (χ4n) is 4.85. The molecule has 6 rings (SSSR count). The summed E-state index contributed by atoms with van der Waals surface area (Å²) in [6.07, 6.45) is 9.56. The molecule has 1 saturated carbocycles. The van der Waals surface area contributed by atoms with Crippen molar-refractivity contribution >= 4 is 22.5 Å². The van der Waals surface area contributed by atoms with Crippen LogP contribution in [0.15, 0.2) is 42.9 Å². The lowest BCUT2D eigenvalue weighted by Gasteiger charge is -2.31. The SMILES string of the molecule is c1cnc2c(O[C@H]3CC[C@@H](Nc4ccc(OC5COC5)cn4)CC3)cc(N3CCOCC3)cc2n1. The van der Waals surface area contributed by atoms with Crippen LogP contribution in [0, 0.1) is 0 Å². The van der Waals surface area contributed by atoms with E-state index in [1.807, 2.05) is 12.1 Å². The standard InChI is InChI=1S/C26H31N5O4/c1-3-20(4-2-18(1)30-25-6-5-21(15-29-25)34-22-16-33-17-22)35-24-14-19(31-9-11-32-12-10-31)13-23-26(24)28-8-7-27-23/h5-8,13-15,18,20,22H,1-4,9-12,16-17H2,(H,29,30)/t18-,20+. The van der Waals surface area contributed by atoms with E-state index in [2.05, 4.69) is 37.3 Å². The molecule has 2 aromatic heterocycles. The van der Waals surface area contributed by atoms with Crippen molar-refractivity contribution in [1.82, 2.24) is 15.0 Å². The van der Waals surface area contributed by atoms with Gasteiger partial charge in [-0.25, -0.2) is 9.97 Å². The molecule has 4 heterocycles. The Morgan fingerprint density at radius 2 is 1.69 bits per heavy atom. The number of aromatic nitrogens is 3. The van der Waals surface area contributed by atoms with Crippen molar-refractivity contribution in [2.24, 2.45) is 0 Å². The molecule has 9 nitrogen and oxygen atoms in total. The molecule has 2 saturated heterocycles. The van der Waals surface area contributed by atoms with E-state index in [4.69, 9.17) is 18.9 Å². The summed E-state index contributed by atoms with van der Waals surface area (Å²) in [5, 5.41) is 3.57. The van der Waals surface area contributed by atoms with E-state index in [9.17, 15) is 0 Å². The van der Waals surface area contributed by atoms with E-state index in [0.29, 0.717) is 19.3 Å². The van der Waals surface area contributed by atoms with Gasteiger partial charge in [0.05, 0.1) is 44.2 Å². The van der Waals surface area contributed by atoms with Gasteiger partial charge in [-0.1, -0.05) is 0 Å². The highest BCUT2D eigenvalue weighted by Crippen LogP contribution is 2.33. The molecule has 3 aliphatic rings. The zero-order valence-electron chi connectivity index (χ0n) is 19.8. The molecule has 0 unspecified atom stereocenters. The summed E-state index contributed by atoms with van der Waals surface area (Å²) in [4.78, 5) is 16.0. The summed E-state index contributed by atoms with van der Waals surface area (Å²) in [5.41, 5.74) is 2.81. The van der Waals surface area contributed by atoms with E-state index in [1.54, 1.807) is 18.6 Å². The van der Waals surface area contributed by atoms with Crippen LogP contribution >= 0.6 is 0 Å². The first-order valence-corrected chi connectivity index (χ1v) is 12.5. The summed E-state index contributed by atoms with van der Waals surface area (Å²) in [5.74, 6) is 2.49. The number of nitrogens with one attached hydrogen (secondary N) is 1. The lowest BCUT2D eigenvalue weighted by atomic mass is 9.93. The van der Waals surface area contributed by atoms with Gasteiger partial charge in [-0.05, 0) is 43.9 Å². The molecular weight excluding hydrogens is 446 g/mol. The van der Waals surface area contributed by atoms with E-state index < -0.39 is 0 Å². The number of ether oxygens (including phenoxy) is 4. The number of hydrogen-bond acceptors (Lipinski definition) is 9. The number of anilines is 2. The maximum atomic E-state index is 6.54. The maximum absolute atomic E-state index is 6.54. The first-order chi connectivity index (χ1) is 17.3. The van der Waals surface area contributed by atoms with Gasteiger partial charge < -0.3 is 29.2 Å². The number of fused-ring (bicyclic) bond motifs is 1. The molecule has 1 aliphatic carbocycles. The average Bonchev–Trinajstić information content (AvgIpc) is 2.89. The van der Waals surface area contributed by atoms with Crippen molar-refractivity contribution < 1.29 is 18.9 Å². The minimum atomic E-state index is 0.156. The van der Waals surface area contributed by atoms with Gasteiger partial charge in [0.15, 0.2) is 0 Å². The number of benzene rings is 1. The van der Waals surface area contributed by atoms with Crippen LogP contribution in [0.4, 0.5) is 11.5 Å². The molecule has 9 heteroatoms. The van der Waals surface area contributed by atoms with Gasteiger partial charge in [0.2, 0.25) is 0 Å². The van der Waals surface area contributed by atoms with Crippen LogP contribution in [0.3, 0.4) is 0 Å². The summed E-state index contributed by atoms with van der Waals surface area (Å²) in [7, 11) is 0. The molecule has 1 aromatic carbocycles. The second kappa shape index (κ2) is 10.2. The topological polar surface area (TPSA) is 90.9 Å². The number of nitrogens with zero attached hydrogens (tertiary/aromatic N) is 4. The predicted octanol–water partition coefficient (Wildman–Crippen LogP) is 3.44. The Balaban J connectivity index is 1.07. The molecule has 35 heavy (non-hydrogen) atoms. The number of rotatable bonds is 7. The number of hydrogen-bond donors (Lipinski definition) is 1. The van der Waals surface area contributed by atoms with Crippen LogP contribution in [-0.2, 0) is 9.47 Å². The van der Waals surface area contributed by atoms with Crippen molar-refractivity contribution in [3.8, 4) is 11.5 Å². The van der Waals surface area contributed by atoms with Crippen molar-refractivity contribution in [2.45, 2.75) is 43.9 Å². The zero-order chi connectivity index (χ0) is 23.5. The third-order valence-electron chi connectivity index (χ3n) is 6.87. The van der Waals surface area contributed by atoms with E-state index in [0.717, 1.165) is 86.0 Å². The van der Waals surface area contributed by atoms with Crippen molar-refractivity contribution in [1.29, 1.82) is 0 Å². The Morgan fingerprint density at radius 3 is 2.43 bits per heavy atom. The molecule has 3 fully saturated rings. The predicted molar refractivity (Wildman–Crippen MR) is 132 cm³/mol. The molecule has 2 aliphatic heterocycles. The summed E-state index contributed by atoms with van der Waals surface area (Å²) in [6, 6.07) is 8.56. The molecule has 0 spiro atoms. The fourth-order valence-corrected chi connectivity index (χ4v) is 4.85. The van der Waals surface area contributed by atoms with E-state index >= 15 is 0 Å². The van der Waals surface area contributed by atoms with Crippen molar-refractivity contribution in [2.75, 3.05) is 49.7 Å². The lowest BCUT2D eigenvalue weighted by molar-refractivity contribution is -0.0797. The average molecular weight is 478 g/mol. The summed E-state index contributed by atoms with van der Waals surface area (Å²) in [6.45, 7) is 4.55. The fraction of sp³-hybridized carbons (Fsp3) is 0.500. The zero-order valence-corrected chi connectivity index (χ0v) is 19.8. The first-order valence-electron chi connectivity index (χ1n) is 12.5. The Morgan fingerprint density at radius 1 is 0.857 bits per heavy atom. The monoisotopic (exact) mass is 477 g/mol. The van der Waals surface area contributed by atoms with Crippen molar-refractivity contribution in [3.05, 3.63) is 42.9 Å². The molecule has 184 valence electrons.